The summed E-state index contributed by atoms with van der Waals surface area (Å²) in [6.07, 6.45) is 1.59. The molecule has 16 heavy (non-hydrogen) atoms. The van der Waals surface area contributed by atoms with E-state index in [0.29, 0.717) is 18.3 Å². The Morgan fingerprint density at radius 2 is 2.25 bits per heavy atom. The molecule has 1 saturated carbocycles. The highest BCUT2D eigenvalue weighted by Crippen LogP contribution is 2.42. The van der Waals surface area contributed by atoms with Gasteiger partial charge in [-0.15, -0.1) is 0 Å². The quantitative estimate of drug-likeness (QED) is 0.921. The molecular formula is C13H17BrO2. The Morgan fingerprint density at radius 1 is 1.56 bits per heavy atom. The lowest BCUT2D eigenvalue weighted by molar-refractivity contribution is 0.145. The van der Waals surface area contributed by atoms with Crippen molar-refractivity contribution in [3.05, 3.63) is 28.2 Å². The Hall–Kier alpha value is -0.540. The van der Waals surface area contributed by atoms with E-state index < -0.39 is 0 Å². The zero-order valence-corrected chi connectivity index (χ0v) is 11.2. The molecule has 0 aliphatic heterocycles. The normalized spacial score (nSPS) is 25.2. The van der Waals surface area contributed by atoms with E-state index in [1.165, 1.54) is 0 Å². The minimum Gasteiger partial charge on any atom is -0.496 e. The van der Waals surface area contributed by atoms with E-state index in [4.69, 9.17) is 4.74 Å². The van der Waals surface area contributed by atoms with Gasteiger partial charge in [0.2, 0.25) is 0 Å². The van der Waals surface area contributed by atoms with Gasteiger partial charge >= 0.3 is 0 Å². The molecule has 1 N–H and O–H groups in total. The minimum absolute atomic E-state index is 0.238. The van der Waals surface area contributed by atoms with E-state index >= 15 is 0 Å². The molecule has 0 aromatic heterocycles. The molecule has 0 spiro atoms. The molecule has 0 amide bonds. The second-order valence-corrected chi connectivity index (χ2v) is 5.52. The van der Waals surface area contributed by atoms with Crippen LogP contribution in [0.3, 0.4) is 0 Å². The maximum Gasteiger partial charge on any atom is 0.122 e. The molecule has 1 aliphatic carbocycles. The zero-order valence-electron chi connectivity index (χ0n) is 9.61. The largest absolute Gasteiger partial charge is 0.496 e. The van der Waals surface area contributed by atoms with Gasteiger partial charge < -0.3 is 9.84 Å². The van der Waals surface area contributed by atoms with Gasteiger partial charge in [0.15, 0.2) is 0 Å². The average molecular weight is 285 g/mol. The first-order chi connectivity index (χ1) is 7.61. The van der Waals surface area contributed by atoms with E-state index in [1.807, 2.05) is 18.2 Å². The molecule has 1 fully saturated rings. The predicted molar refractivity (Wildman–Crippen MR) is 67.7 cm³/mol. The van der Waals surface area contributed by atoms with Crippen LogP contribution in [0.5, 0.6) is 5.75 Å². The van der Waals surface area contributed by atoms with E-state index in [-0.39, 0.29) is 6.10 Å². The van der Waals surface area contributed by atoms with Crippen LogP contribution in [-0.4, -0.2) is 18.3 Å². The first-order valence-electron chi connectivity index (χ1n) is 5.62. The molecule has 1 aliphatic rings. The minimum atomic E-state index is -0.238. The highest BCUT2D eigenvalue weighted by Gasteiger charge is 2.38. The third-order valence-corrected chi connectivity index (χ3v) is 3.83. The summed E-state index contributed by atoms with van der Waals surface area (Å²) >= 11 is 3.44. The molecule has 0 heterocycles. The van der Waals surface area contributed by atoms with Crippen LogP contribution in [0.15, 0.2) is 22.7 Å². The van der Waals surface area contributed by atoms with Crippen molar-refractivity contribution in [2.45, 2.75) is 25.9 Å². The Kier molecular flexibility index (Phi) is 3.55. The van der Waals surface area contributed by atoms with Crippen molar-refractivity contribution >= 4 is 15.9 Å². The fourth-order valence-electron chi connectivity index (χ4n) is 2.17. The van der Waals surface area contributed by atoms with Crippen molar-refractivity contribution in [3.8, 4) is 5.75 Å². The van der Waals surface area contributed by atoms with Crippen LogP contribution < -0.4 is 4.74 Å². The van der Waals surface area contributed by atoms with E-state index in [9.17, 15) is 5.11 Å². The molecule has 2 rings (SSSR count). The Labute approximate surface area is 105 Å². The van der Waals surface area contributed by atoms with Gasteiger partial charge in [-0.2, -0.15) is 0 Å². The molecule has 88 valence electrons. The van der Waals surface area contributed by atoms with E-state index in [1.54, 1.807) is 7.11 Å². The maximum atomic E-state index is 10.1. The van der Waals surface area contributed by atoms with Crippen LogP contribution in [0.1, 0.15) is 18.9 Å². The summed E-state index contributed by atoms with van der Waals surface area (Å²) in [7, 11) is 1.67. The van der Waals surface area contributed by atoms with Crippen LogP contribution >= 0.6 is 15.9 Å². The van der Waals surface area contributed by atoms with Gasteiger partial charge in [0.25, 0.3) is 0 Å². The third kappa shape index (κ3) is 2.58. The number of halogens is 1. The molecule has 3 atom stereocenters. The van der Waals surface area contributed by atoms with Gasteiger partial charge in [-0.3, -0.25) is 0 Å². The molecule has 1 aromatic rings. The standard InChI is InChI=1S/C13H17BrO2/c1-8-5-11(8)12(15)7-9-6-10(14)3-4-13(9)16-2/h3-4,6,8,11-12,15H,5,7H2,1-2H3. The van der Waals surface area contributed by atoms with Gasteiger partial charge in [-0.25, -0.2) is 0 Å². The monoisotopic (exact) mass is 284 g/mol. The Balaban J connectivity index is 2.10. The summed E-state index contributed by atoms with van der Waals surface area (Å²) in [4.78, 5) is 0. The predicted octanol–water partition coefficient (Wildman–Crippen LogP) is 3.02. The summed E-state index contributed by atoms with van der Waals surface area (Å²) in [6, 6.07) is 5.91. The highest BCUT2D eigenvalue weighted by atomic mass is 79.9. The molecule has 0 saturated heterocycles. The fraction of sp³-hybridized carbons (Fsp3) is 0.538. The smallest absolute Gasteiger partial charge is 0.122 e. The first kappa shape index (κ1) is 11.9. The molecule has 1 aromatic carbocycles. The van der Waals surface area contributed by atoms with Gasteiger partial charge in [0.05, 0.1) is 13.2 Å². The lowest BCUT2D eigenvalue weighted by Crippen LogP contribution is -2.14. The number of rotatable bonds is 4. The number of aliphatic hydroxyl groups excluding tert-OH is 1. The first-order valence-corrected chi connectivity index (χ1v) is 6.41. The van der Waals surface area contributed by atoms with Crippen molar-refractivity contribution in [1.82, 2.24) is 0 Å². The van der Waals surface area contributed by atoms with Crippen molar-refractivity contribution in [2.24, 2.45) is 11.8 Å². The molecule has 3 heteroatoms. The van der Waals surface area contributed by atoms with E-state index in [0.717, 1.165) is 22.2 Å². The summed E-state index contributed by atoms with van der Waals surface area (Å²) in [5, 5.41) is 10.1. The fourth-order valence-corrected chi connectivity index (χ4v) is 2.58. The SMILES string of the molecule is COc1ccc(Br)cc1CC(O)C1CC1C. The Bertz CT molecular complexity index is 378. The van der Waals surface area contributed by atoms with Gasteiger partial charge in [0.1, 0.15) is 5.75 Å². The average Bonchev–Trinajstić information content (AvgIpc) is 2.96. The lowest BCUT2D eigenvalue weighted by atomic mass is 10.0. The molecule has 2 nitrogen and oxygen atoms in total. The van der Waals surface area contributed by atoms with Crippen molar-refractivity contribution in [3.63, 3.8) is 0 Å². The molecule has 0 radical (unpaired) electrons. The maximum absolute atomic E-state index is 10.1. The Morgan fingerprint density at radius 3 is 2.81 bits per heavy atom. The zero-order chi connectivity index (χ0) is 11.7. The number of benzene rings is 1. The summed E-state index contributed by atoms with van der Waals surface area (Å²) in [5.74, 6) is 2.01. The number of hydrogen-bond donors (Lipinski definition) is 1. The lowest BCUT2D eigenvalue weighted by Gasteiger charge is -2.13. The number of aliphatic hydroxyl groups is 1. The second kappa shape index (κ2) is 4.76. The highest BCUT2D eigenvalue weighted by molar-refractivity contribution is 9.10. The number of hydrogen-bond acceptors (Lipinski definition) is 2. The third-order valence-electron chi connectivity index (χ3n) is 3.34. The van der Waals surface area contributed by atoms with Crippen LogP contribution in [-0.2, 0) is 6.42 Å². The second-order valence-electron chi connectivity index (χ2n) is 4.60. The summed E-state index contributed by atoms with van der Waals surface area (Å²) < 4.78 is 6.32. The van der Waals surface area contributed by atoms with Gasteiger partial charge in [-0.05, 0) is 42.0 Å². The number of methoxy groups -OCH3 is 1. The molecular weight excluding hydrogens is 268 g/mol. The molecule has 0 bridgehead atoms. The van der Waals surface area contributed by atoms with Gasteiger partial charge in [-0.1, -0.05) is 22.9 Å². The van der Waals surface area contributed by atoms with Crippen molar-refractivity contribution in [2.75, 3.05) is 7.11 Å². The number of ether oxygens (including phenoxy) is 1. The van der Waals surface area contributed by atoms with Crippen molar-refractivity contribution in [1.29, 1.82) is 0 Å². The van der Waals surface area contributed by atoms with Gasteiger partial charge in [0, 0.05) is 10.9 Å². The summed E-state index contributed by atoms with van der Waals surface area (Å²) in [6.45, 7) is 2.19. The van der Waals surface area contributed by atoms with E-state index in [2.05, 4.69) is 22.9 Å². The van der Waals surface area contributed by atoms with Crippen LogP contribution in [0.4, 0.5) is 0 Å². The summed E-state index contributed by atoms with van der Waals surface area (Å²) in [5.41, 5.74) is 1.07. The topological polar surface area (TPSA) is 29.5 Å². The van der Waals surface area contributed by atoms with Crippen LogP contribution in [0.25, 0.3) is 0 Å². The van der Waals surface area contributed by atoms with Crippen molar-refractivity contribution < 1.29 is 9.84 Å². The van der Waals surface area contributed by atoms with Crippen LogP contribution in [0.2, 0.25) is 0 Å². The molecule has 3 unspecified atom stereocenters. The van der Waals surface area contributed by atoms with Crippen LogP contribution in [0, 0.1) is 11.8 Å².